The van der Waals surface area contributed by atoms with Crippen LogP contribution in [0.1, 0.15) is 16.1 Å². The lowest BCUT2D eigenvalue weighted by molar-refractivity contribution is 0.0951. The summed E-state index contributed by atoms with van der Waals surface area (Å²) in [6, 6.07) is 7.98. The van der Waals surface area contributed by atoms with E-state index < -0.39 is 5.91 Å². The largest absolute Gasteiger partial charge is 0.467 e. The lowest BCUT2D eigenvalue weighted by atomic mass is 10.2. The first-order valence-electron chi connectivity index (χ1n) is 6.01. The smallest absolute Gasteiger partial charge is 0.268 e. The highest BCUT2D eigenvalue weighted by Crippen LogP contribution is 2.20. The van der Waals surface area contributed by atoms with Crippen LogP contribution in [0, 0.1) is 5.82 Å². The van der Waals surface area contributed by atoms with Crippen molar-refractivity contribution >= 4 is 16.8 Å². The minimum absolute atomic E-state index is 0.309. The van der Waals surface area contributed by atoms with Gasteiger partial charge in [-0.25, -0.2) is 10.2 Å². The lowest BCUT2D eigenvalue weighted by Gasteiger charge is -2.05. The Morgan fingerprint density at radius 1 is 1.35 bits per heavy atom. The number of hydrogen-bond acceptors (Lipinski definition) is 3. The normalized spacial score (nSPS) is 10.9. The zero-order valence-electron chi connectivity index (χ0n) is 10.5. The second kappa shape index (κ2) is 4.82. The number of benzene rings is 1. The number of hydrogen-bond donors (Lipinski definition) is 2. The van der Waals surface area contributed by atoms with E-state index in [1.165, 1.54) is 18.4 Å². The molecular formula is C14H12FN3O2. The first-order chi connectivity index (χ1) is 9.69. The second-order valence-corrected chi connectivity index (χ2v) is 4.38. The number of carbonyl (C=O) groups excluding carboxylic acids is 1. The summed E-state index contributed by atoms with van der Waals surface area (Å²) < 4.78 is 20.4. The molecule has 0 aliphatic carbocycles. The van der Waals surface area contributed by atoms with E-state index in [1.807, 2.05) is 16.8 Å². The van der Waals surface area contributed by atoms with E-state index in [2.05, 4.69) is 5.43 Å². The Hall–Kier alpha value is -2.60. The fourth-order valence-corrected chi connectivity index (χ4v) is 2.19. The summed E-state index contributed by atoms with van der Waals surface area (Å²) in [6.07, 6.45) is 3.24. The first-order valence-corrected chi connectivity index (χ1v) is 6.01. The monoisotopic (exact) mass is 273 g/mol. The number of nitrogen functional groups attached to an aromatic ring is 1. The van der Waals surface area contributed by atoms with Gasteiger partial charge >= 0.3 is 0 Å². The molecule has 2 aromatic heterocycles. The van der Waals surface area contributed by atoms with Gasteiger partial charge < -0.3 is 8.98 Å². The average Bonchev–Trinajstić information content (AvgIpc) is 3.06. The van der Waals surface area contributed by atoms with Gasteiger partial charge in [0.25, 0.3) is 5.91 Å². The number of halogens is 1. The fourth-order valence-electron chi connectivity index (χ4n) is 2.19. The number of nitrogens with zero attached hydrogens (tertiary/aromatic N) is 1. The van der Waals surface area contributed by atoms with Crippen molar-refractivity contribution in [1.82, 2.24) is 9.99 Å². The van der Waals surface area contributed by atoms with Gasteiger partial charge in [-0.05, 0) is 35.7 Å². The molecule has 0 fully saturated rings. The molecule has 1 amide bonds. The van der Waals surface area contributed by atoms with Crippen LogP contribution in [0.25, 0.3) is 10.9 Å². The molecule has 0 aliphatic rings. The molecule has 0 radical (unpaired) electrons. The van der Waals surface area contributed by atoms with E-state index >= 15 is 0 Å². The SMILES string of the molecule is NNC(=O)c1ccoc1Cn1ccc2ccc(F)cc21. The molecule has 20 heavy (non-hydrogen) atoms. The summed E-state index contributed by atoms with van der Waals surface area (Å²) in [6.45, 7) is 0.322. The van der Waals surface area contributed by atoms with Gasteiger partial charge in [0.1, 0.15) is 11.6 Å². The molecule has 3 aromatic rings. The Kier molecular flexibility index (Phi) is 3.00. The van der Waals surface area contributed by atoms with Gasteiger partial charge in [0.05, 0.1) is 23.9 Å². The van der Waals surface area contributed by atoms with Crippen molar-refractivity contribution in [2.24, 2.45) is 5.84 Å². The summed E-state index contributed by atoms with van der Waals surface area (Å²) >= 11 is 0. The van der Waals surface area contributed by atoms with Gasteiger partial charge in [0.15, 0.2) is 0 Å². The van der Waals surface area contributed by atoms with Crippen molar-refractivity contribution in [1.29, 1.82) is 0 Å². The van der Waals surface area contributed by atoms with E-state index in [-0.39, 0.29) is 5.82 Å². The minimum Gasteiger partial charge on any atom is -0.467 e. The van der Waals surface area contributed by atoms with E-state index in [4.69, 9.17) is 10.3 Å². The Bertz CT molecular complexity index is 776. The second-order valence-electron chi connectivity index (χ2n) is 4.38. The highest BCUT2D eigenvalue weighted by Gasteiger charge is 2.14. The predicted molar refractivity (Wildman–Crippen MR) is 71.4 cm³/mol. The van der Waals surface area contributed by atoms with E-state index in [0.717, 1.165) is 10.9 Å². The van der Waals surface area contributed by atoms with Crippen LogP contribution in [0.2, 0.25) is 0 Å². The minimum atomic E-state index is -0.420. The molecule has 1 aromatic carbocycles. The number of hydrazine groups is 1. The van der Waals surface area contributed by atoms with Crippen LogP contribution in [0.15, 0.2) is 47.2 Å². The zero-order chi connectivity index (χ0) is 14.1. The van der Waals surface area contributed by atoms with Gasteiger partial charge in [-0.15, -0.1) is 0 Å². The summed E-state index contributed by atoms with van der Waals surface area (Å²) in [5, 5.41) is 0.919. The molecule has 0 unspecified atom stereocenters. The third-order valence-electron chi connectivity index (χ3n) is 3.17. The van der Waals surface area contributed by atoms with Gasteiger partial charge in [-0.2, -0.15) is 0 Å². The van der Waals surface area contributed by atoms with Crippen molar-refractivity contribution in [2.45, 2.75) is 6.54 Å². The quantitative estimate of drug-likeness (QED) is 0.435. The molecule has 5 nitrogen and oxygen atoms in total. The Morgan fingerprint density at radius 2 is 2.20 bits per heavy atom. The highest BCUT2D eigenvalue weighted by atomic mass is 19.1. The molecule has 0 saturated heterocycles. The van der Waals surface area contributed by atoms with Gasteiger partial charge in [0, 0.05) is 6.20 Å². The van der Waals surface area contributed by atoms with Crippen LogP contribution in [-0.4, -0.2) is 10.5 Å². The van der Waals surface area contributed by atoms with Crippen LogP contribution >= 0.6 is 0 Å². The molecule has 3 rings (SSSR count). The first kappa shape index (κ1) is 12.4. The number of amides is 1. The summed E-state index contributed by atoms with van der Waals surface area (Å²) in [5.41, 5.74) is 3.17. The number of rotatable bonds is 3. The van der Waals surface area contributed by atoms with Crippen LogP contribution < -0.4 is 11.3 Å². The Morgan fingerprint density at radius 3 is 3.00 bits per heavy atom. The number of nitrogens with two attached hydrogens (primary N) is 1. The maximum absolute atomic E-state index is 13.3. The van der Waals surface area contributed by atoms with E-state index in [0.29, 0.717) is 17.9 Å². The molecule has 0 saturated carbocycles. The third-order valence-corrected chi connectivity index (χ3v) is 3.17. The summed E-state index contributed by atoms with van der Waals surface area (Å²) in [4.78, 5) is 11.6. The highest BCUT2D eigenvalue weighted by molar-refractivity contribution is 5.94. The zero-order valence-corrected chi connectivity index (χ0v) is 10.5. The number of fused-ring (bicyclic) bond motifs is 1. The molecule has 0 bridgehead atoms. The summed E-state index contributed by atoms with van der Waals surface area (Å²) in [5.74, 6) is 4.86. The van der Waals surface area contributed by atoms with Crippen LogP contribution in [-0.2, 0) is 6.54 Å². The van der Waals surface area contributed by atoms with Crippen molar-refractivity contribution in [3.8, 4) is 0 Å². The standard InChI is InChI=1S/C14H12FN3O2/c15-10-2-1-9-3-5-18(12(9)7-10)8-13-11(4-6-20-13)14(19)17-16/h1-7H,8,16H2,(H,17,19). The van der Waals surface area contributed by atoms with Crippen LogP contribution in [0.3, 0.4) is 0 Å². The molecule has 102 valence electrons. The molecule has 6 heteroatoms. The Balaban J connectivity index is 2.00. The predicted octanol–water partition coefficient (Wildman–Crippen LogP) is 2.03. The topological polar surface area (TPSA) is 73.2 Å². The molecule has 3 N–H and O–H groups in total. The summed E-state index contributed by atoms with van der Waals surface area (Å²) in [7, 11) is 0. The van der Waals surface area contributed by atoms with Gasteiger partial charge in [0.2, 0.25) is 0 Å². The number of carbonyl (C=O) groups is 1. The number of nitrogens with one attached hydrogen (secondary N) is 1. The lowest BCUT2D eigenvalue weighted by Crippen LogP contribution is -2.30. The fraction of sp³-hybridized carbons (Fsp3) is 0.0714. The van der Waals surface area contributed by atoms with Crippen molar-refractivity contribution < 1.29 is 13.6 Å². The maximum atomic E-state index is 13.3. The molecule has 0 atom stereocenters. The average molecular weight is 273 g/mol. The van der Waals surface area contributed by atoms with Crippen LogP contribution in [0.4, 0.5) is 4.39 Å². The van der Waals surface area contributed by atoms with Gasteiger partial charge in [-0.1, -0.05) is 0 Å². The van der Waals surface area contributed by atoms with E-state index in [9.17, 15) is 9.18 Å². The van der Waals surface area contributed by atoms with Gasteiger partial charge in [-0.3, -0.25) is 10.2 Å². The molecule has 0 aliphatic heterocycles. The van der Waals surface area contributed by atoms with E-state index in [1.54, 1.807) is 12.1 Å². The maximum Gasteiger partial charge on any atom is 0.268 e. The molecular weight excluding hydrogens is 261 g/mol. The number of aromatic nitrogens is 1. The molecule has 0 spiro atoms. The molecule has 2 heterocycles. The van der Waals surface area contributed by atoms with Crippen molar-refractivity contribution in [3.05, 3.63) is 59.9 Å². The Labute approximate surface area is 113 Å². The third kappa shape index (κ3) is 2.06. The van der Waals surface area contributed by atoms with Crippen molar-refractivity contribution in [2.75, 3.05) is 0 Å². The van der Waals surface area contributed by atoms with Crippen molar-refractivity contribution in [3.63, 3.8) is 0 Å². The number of furan rings is 1. The van der Waals surface area contributed by atoms with Crippen LogP contribution in [0.5, 0.6) is 0 Å².